The van der Waals surface area contributed by atoms with Crippen LogP contribution in [0.15, 0.2) is 23.6 Å². The first-order valence-electron chi connectivity index (χ1n) is 8.87. The molecule has 1 fully saturated rings. The summed E-state index contributed by atoms with van der Waals surface area (Å²) < 4.78 is 13.2. The van der Waals surface area contributed by atoms with E-state index >= 15 is 0 Å². The molecule has 8 heteroatoms. The average Bonchev–Trinajstić information content (AvgIpc) is 3.10. The Morgan fingerprint density at radius 1 is 1.44 bits per heavy atom. The fourth-order valence-electron chi connectivity index (χ4n) is 3.19. The highest BCUT2D eigenvalue weighted by Gasteiger charge is 2.28. The number of thiazole rings is 1. The largest absolute Gasteiger partial charge is 0.356 e. The lowest BCUT2D eigenvalue weighted by Gasteiger charge is -2.32. The monoisotopic (exact) mass is 409 g/mol. The normalized spacial score (nSPS) is 17.0. The van der Waals surface area contributed by atoms with Gasteiger partial charge in [0.15, 0.2) is 0 Å². The van der Waals surface area contributed by atoms with Crippen molar-refractivity contribution in [3.05, 3.63) is 50.7 Å². The standard InChI is InChI=1S/C19H21ClFN3O2S/c1-12(25)22-7-6-15-11-27-18(23-15)13-3-2-8-24(10-13)19(26)16-5-4-14(21)9-17(16)20/h4-5,9,11,13H,2-3,6-8,10H2,1H3,(H,22,25). The van der Waals surface area contributed by atoms with E-state index < -0.39 is 5.82 Å². The van der Waals surface area contributed by atoms with Crippen molar-refractivity contribution in [2.45, 2.75) is 32.1 Å². The Morgan fingerprint density at radius 3 is 3.00 bits per heavy atom. The van der Waals surface area contributed by atoms with Gasteiger partial charge in [0.05, 0.1) is 21.3 Å². The Kier molecular flexibility index (Phi) is 6.44. The zero-order valence-electron chi connectivity index (χ0n) is 15.0. The van der Waals surface area contributed by atoms with Crippen LogP contribution in [0.2, 0.25) is 5.02 Å². The van der Waals surface area contributed by atoms with Gasteiger partial charge in [-0.3, -0.25) is 9.59 Å². The molecule has 1 unspecified atom stereocenters. The second kappa shape index (κ2) is 8.80. The molecule has 144 valence electrons. The molecule has 3 rings (SSSR count). The third-order valence-corrected chi connectivity index (χ3v) is 5.91. The number of carbonyl (C=O) groups is 2. The Bertz CT molecular complexity index is 842. The first kappa shape index (κ1) is 19.8. The molecule has 1 N–H and O–H groups in total. The minimum atomic E-state index is -0.456. The summed E-state index contributed by atoms with van der Waals surface area (Å²) in [6.07, 6.45) is 2.55. The number of benzene rings is 1. The molecule has 5 nitrogen and oxygen atoms in total. The van der Waals surface area contributed by atoms with Crippen LogP contribution in [0.1, 0.15) is 46.7 Å². The lowest BCUT2D eigenvalue weighted by molar-refractivity contribution is -0.118. The van der Waals surface area contributed by atoms with Gasteiger partial charge in [0.25, 0.3) is 5.91 Å². The van der Waals surface area contributed by atoms with Crippen LogP contribution in [0.3, 0.4) is 0 Å². The van der Waals surface area contributed by atoms with Crippen LogP contribution in [-0.2, 0) is 11.2 Å². The maximum Gasteiger partial charge on any atom is 0.255 e. The van der Waals surface area contributed by atoms with Crippen LogP contribution < -0.4 is 5.32 Å². The van der Waals surface area contributed by atoms with Crippen molar-refractivity contribution < 1.29 is 14.0 Å². The summed E-state index contributed by atoms with van der Waals surface area (Å²) >= 11 is 7.64. The third-order valence-electron chi connectivity index (χ3n) is 4.54. The smallest absolute Gasteiger partial charge is 0.255 e. The van der Waals surface area contributed by atoms with Crippen LogP contribution in [-0.4, -0.2) is 41.3 Å². The van der Waals surface area contributed by atoms with E-state index in [0.29, 0.717) is 31.6 Å². The summed E-state index contributed by atoms with van der Waals surface area (Å²) in [4.78, 5) is 30.2. The quantitative estimate of drug-likeness (QED) is 0.820. The highest BCUT2D eigenvalue weighted by molar-refractivity contribution is 7.09. The first-order chi connectivity index (χ1) is 12.9. The van der Waals surface area contributed by atoms with Crippen molar-refractivity contribution in [1.29, 1.82) is 0 Å². The highest BCUT2D eigenvalue weighted by atomic mass is 35.5. The Hall–Kier alpha value is -1.99. The molecule has 0 radical (unpaired) electrons. The Labute approximate surface area is 166 Å². The lowest BCUT2D eigenvalue weighted by Crippen LogP contribution is -2.39. The van der Waals surface area contributed by atoms with E-state index in [1.165, 1.54) is 25.1 Å². The van der Waals surface area contributed by atoms with Crippen molar-refractivity contribution >= 4 is 34.8 Å². The van der Waals surface area contributed by atoms with E-state index in [9.17, 15) is 14.0 Å². The Balaban J connectivity index is 1.64. The molecular formula is C19H21ClFN3O2S. The molecule has 0 spiro atoms. The van der Waals surface area contributed by atoms with E-state index in [1.807, 2.05) is 5.38 Å². The molecule has 27 heavy (non-hydrogen) atoms. The zero-order valence-corrected chi connectivity index (χ0v) is 16.6. The van der Waals surface area contributed by atoms with E-state index in [0.717, 1.165) is 23.5 Å². The molecule has 1 saturated heterocycles. The maximum atomic E-state index is 13.2. The molecule has 2 amide bonds. The number of piperidine rings is 1. The van der Waals surface area contributed by atoms with Gasteiger partial charge >= 0.3 is 0 Å². The molecule has 1 aliphatic rings. The van der Waals surface area contributed by atoms with Crippen LogP contribution >= 0.6 is 22.9 Å². The predicted molar refractivity (Wildman–Crippen MR) is 104 cm³/mol. The molecule has 0 bridgehead atoms. The summed E-state index contributed by atoms with van der Waals surface area (Å²) in [5.41, 5.74) is 1.28. The number of hydrogen-bond acceptors (Lipinski definition) is 4. The van der Waals surface area contributed by atoms with Gasteiger partial charge in [-0.25, -0.2) is 9.37 Å². The lowest BCUT2D eigenvalue weighted by atomic mass is 9.98. The molecule has 2 heterocycles. The number of hydrogen-bond donors (Lipinski definition) is 1. The number of halogens is 2. The second-order valence-electron chi connectivity index (χ2n) is 6.62. The van der Waals surface area contributed by atoms with Gasteiger partial charge in [-0.05, 0) is 31.0 Å². The summed E-state index contributed by atoms with van der Waals surface area (Å²) in [5.74, 6) is -0.498. The van der Waals surface area contributed by atoms with E-state index in [2.05, 4.69) is 10.3 Å². The van der Waals surface area contributed by atoms with Crippen molar-refractivity contribution in [2.75, 3.05) is 19.6 Å². The molecule has 1 aliphatic heterocycles. The molecule has 1 aromatic heterocycles. The van der Waals surface area contributed by atoms with Gasteiger partial charge in [-0.1, -0.05) is 11.6 Å². The number of likely N-dealkylation sites (tertiary alicyclic amines) is 1. The number of nitrogens with one attached hydrogen (secondary N) is 1. The topological polar surface area (TPSA) is 62.3 Å². The van der Waals surface area contributed by atoms with Crippen LogP contribution in [0.4, 0.5) is 4.39 Å². The van der Waals surface area contributed by atoms with Crippen LogP contribution in [0.25, 0.3) is 0 Å². The van der Waals surface area contributed by atoms with E-state index in [1.54, 1.807) is 16.2 Å². The molecule has 1 atom stereocenters. The van der Waals surface area contributed by atoms with Crippen molar-refractivity contribution in [3.8, 4) is 0 Å². The van der Waals surface area contributed by atoms with Gasteiger partial charge in [-0.2, -0.15) is 0 Å². The molecule has 1 aromatic carbocycles. The minimum absolute atomic E-state index is 0.0497. The molecule has 0 saturated carbocycles. The fraction of sp³-hybridized carbons (Fsp3) is 0.421. The summed E-state index contributed by atoms with van der Waals surface area (Å²) in [5, 5.41) is 5.92. The van der Waals surface area contributed by atoms with Gasteiger partial charge < -0.3 is 10.2 Å². The zero-order chi connectivity index (χ0) is 19.4. The number of rotatable bonds is 5. The Morgan fingerprint density at radius 2 is 2.26 bits per heavy atom. The van der Waals surface area contributed by atoms with Crippen molar-refractivity contribution in [3.63, 3.8) is 0 Å². The SMILES string of the molecule is CC(=O)NCCc1csc(C2CCCN(C(=O)c3ccc(F)cc3Cl)C2)n1. The van der Waals surface area contributed by atoms with E-state index in [-0.39, 0.29) is 22.8 Å². The van der Waals surface area contributed by atoms with Crippen LogP contribution in [0, 0.1) is 5.82 Å². The summed E-state index contributed by atoms with van der Waals surface area (Å²) in [6, 6.07) is 3.86. The van der Waals surface area contributed by atoms with E-state index in [4.69, 9.17) is 11.6 Å². The fourth-order valence-corrected chi connectivity index (χ4v) is 4.42. The number of nitrogens with zero attached hydrogens (tertiary/aromatic N) is 2. The maximum absolute atomic E-state index is 13.2. The number of carbonyl (C=O) groups excluding carboxylic acids is 2. The number of amides is 2. The minimum Gasteiger partial charge on any atom is -0.356 e. The highest BCUT2D eigenvalue weighted by Crippen LogP contribution is 2.31. The summed E-state index contributed by atoms with van der Waals surface area (Å²) in [7, 11) is 0. The molecule has 0 aliphatic carbocycles. The molecular weight excluding hydrogens is 389 g/mol. The van der Waals surface area contributed by atoms with Gasteiger partial charge in [0.1, 0.15) is 5.82 Å². The molecule has 2 aromatic rings. The van der Waals surface area contributed by atoms with Crippen molar-refractivity contribution in [2.24, 2.45) is 0 Å². The predicted octanol–water partition coefficient (Wildman–Crippen LogP) is 3.63. The third kappa shape index (κ3) is 5.05. The van der Waals surface area contributed by atoms with Crippen molar-refractivity contribution in [1.82, 2.24) is 15.2 Å². The number of aromatic nitrogens is 1. The van der Waals surface area contributed by atoms with Crippen LogP contribution in [0.5, 0.6) is 0 Å². The first-order valence-corrected chi connectivity index (χ1v) is 10.1. The summed E-state index contributed by atoms with van der Waals surface area (Å²) in [6.45, 7) is 3.29. The second-order valence-corrected chi connectivity index (χ2v) is 7.92. The van der Waals surface area contributed by atoms with Gasteiger partial charge in [0.2, 0.25) is 5.91 Å². The average molecular weight is 410 g/mol. The van der Waals surface area contributed by atoms with Gasteiger partial charge in [-0.15, -0.1) is 11.3 Å². The van der Waals surface area contributed by atoms with Gasteiger partial charge in [0, 0.05) is 44.3 Å².